The number of carbonyl (C=O) groups excluding carboxylic acids is 2. The summed E-state index contributed by atoms with van der Waals surface area (Å²) in [6, 6.07) is 3.93. The molecule has 1 aromatic rings. The molecule has 0 radical (unpaired) electrons. The van der Waals surface area contributed by atoms with Gasteiger partial charge in [0, 0.05) is 31.4 Å². The van der Waals surface area contributed by atoms with Gasteiger partial charge in [0.25, 0.3) is 0 Å². The van der Waals surface area contributed by atoms with Gasteiger partial charge in [0.15, 0.2) is 0 Å². The Bertz CT molecular complexity index is 744. The first kappa shape index (κ1) is 22.3. The molecule has 2 amide bonds. The number of aromatic nitrogens is 1. The zero-order chi connectivity index (χ0) is 21.7. The van der Waals surface area contributed by atoms with Crippen LogP contribution in [0.5, 0.6) is 5.88 Å². The van der Waals surface area contributed by atoms with E-state index in [9.17, 15) is 9.59 Å². The first-order valence-corrected chi connectivity index (χ1v) is 10.6. The minimum Gasteiger partial charge on any atom is -0.481 e. The van der Waals surface area contributed by atoms with Crippen molar-refractivity contribution in [3.05, 3.63) is 23.9 Å². The lowest BCUT2D eigenvalue weighted by atomic mass is 9.96. The lowest BCUT2D eigenvalue weighted by Gasteiger charge is -2.23. The van der Waals surface area contributed by atoms with Gasteiger partial charge in [-0.05, 0) is 57.1 Å². The summed E-state index contributed by atoms with van der Waals surface area (Å²) in [7, 11) is 3.31. The van der Waals surface area contributed by atoms with Gasteiger partial charge in [-0.25, -0.2) is 15.2 Å². The molecule has 1 aromatic heterocycles. The van der Waals surface area contributed by atoms with Gasteiger partial charge in [-0.3, -0.25) is 10.2 Å². The fraction of sp³-hybridized carbons (Fsp3) is 0.667. The van der Waals surface area contributed by atoms with Crippen molar-refractivity contribution in [2.75, 3.05) is 14.2 Å². The third-order valence-electron chi connectivity index (χ3n) is 5.97. The molecule has 0 aromatic carbocycles. The summed E-state index contributed by atoms with van der Waals surface area (Å²) in [5.41, 5.74) is 7.34. The van der Waals surface area contributed by atoms with Crippen LogP contribution in [0.3, 0.4) is 0 Å². The van der Waals surface area contributed by atoms with Crippen LogP contribution in [0.1, 0.15) is 45.1 Å². The highest BCUT2D eigenvalue weighted by Crippen LogP contribution is 2.33. The van der Waals surface area contributed by atoms with E-state index in [1.165, 1.54) is 0 Å². The van der Waals surface area contributed by atoms with E-state index in [0.29, 0.717) is 11.8 Å². The van der Waals surface area contributed by atoms with Gasteiger partial charge in [-0.15, -0.1) is 0 Å². The van der Waals surface area contributed by atoms with Crippen molar-refractivity contribution in [2.24, 2.45) is 5.92 Å². The number of hydrazine groups is 1. The van der Waals surface area contributed by atoms with Crippen molar-refractivity contribution in [1.29, 1.82) is 0 Å². The molecule has 1 saturated heterocycles. The fourth-order valence-corrected chi connectivity index (χ4v) is 3.97. The number of hydrogen-bond donors (Lipinski definition) is 3. The van der Waals surface area contributed by atoms with Gasteiger partial charge < -0.3 is 19.7 Å². The molecule has 9 heteroatoms. The number of carbonyl (C=O) groups is 2. The van der Waals surface area contributed by atoms with Crippen molar-refractivity contribution in [3.8, 4) is 5.88 Å². The van der Waals surface area contributed by atoms with Gasteiger partial charge >= 0.3 is 6.09 Å². The second-order valence-corrected chi connectivity index (χ2v) is 8.42. The quantitative estimate of drug-likeness (QED) is 0.616. The van der Waals surface area contributed by atoms with Gasteiger partial charge in [-0.1, -0.05) is 0 Å². The molecule has 30 heavy (non-hydrogen) atoms. The number of ether oxygens (including phenoxy) is 2. The largest absolute Gasteiger partial charge is 0.481 e. The number of methoxy groups -OCH3 is 1. The highest BCUT2D eigenvalue weighted by atomic mass is 16.6. The van der Waals surface area contributed by atoms with Crippen molar-refractivity contribution < 1.29 is 19.1 Å². The molecule has 9 nitrogen and oxygen atoms in total. The summed E-state index contributed by atoms with van der Waals surface area (Å²) in [5.74, 6) is 0.848. The number of nitrogens with one attached hydrogen (secondary N) is 3. The zero-order valence-electron chi connectivity index (χ0n) is 18.2. The molecule has 2 heterocycles. The SMILES string of the molecule is COc1cc(CC(=O)NC2CC([C@H]3CC[C@@H](OC(=O)N(C)C(C)C)C3)NN2)ccn1. The molecule has 1 aliphatic carbocycles. The molecular formula is C21H33N5O4. The van der Waals surface area contributed by atoms with Crippen LogP contribution in [-0.2, 0) is 16.0 Å². The van der Waals surface area contributed by atoms with Gasteiger partial charge in [0.2, 0.25) is 11.8 Å². The van der Waals surface area contributed by atoms with E-state index >= 15 is 0 Å². The molecule has 3 rings (SSSR count). The average Bonchev–Trinajstić information content (AvgIpc) is 3.36. The third kappa shape index (κ3) is 5.82. The van der Waals surface area contributed by atoms with Crippen LogP contribution < -0.4 is 20.9 Å². The summed E-state index contributed by atoms with van der Waals surface area (Å²) in [4.78, 5) is 30.2. The first-order chi connectivity index (χ1) is 14.4. The van der Waals surface area contributed by atoms with Crippen LogP contribution in [0.4, 0.5) is 4.79 Å². The first-order valence-electron chi connectivity index (χ1n) is 10.6. The molecule has 2 fully saturated rings. The highest BCUT2D eigenvalue weighted by molar-refractivity contribution is 5.78. The second-order valence-electron chi connectivity index (χ2n) is 8.42. The number of rotatable bonds is 7. The van der Waals surface area contributed by atoms with Crippen molar-refractivity contribution in [2.45, 2.75) is 70.3 Å². The molecule has 3 N–H and O–H groups in total. The van der Waals surface area contributed by atoms with E-state index in [0.717, 1.165) is 31.2 Å². The molecule has 1 aliphatic heterocycles. The fourth-order valence-electron chi connectivity index (χ4n) is 3.97. The van der Waals surface area contributed by atoms with Crippen LogP contribution in [0, 0.1) is 5.92 Å². The van der Waals surface area contributed by atoms with Crippen LogP contribution in [-0.4, -0.2) is 60.4 Å². The van der Waals surface area contributed by atoms with Gasteiger partial charge in [0.1, 0.15) is 6.10 Å². The molecular weight excluding hydrogens is 386 g/mol. The van der Waals surface area contributed by atoms with E-state index in [1.807, 2.05) is 19.9 Å². The van der Waals surface area contributed by atoms with Crippen LogP contribution in [0.15, 0.2) is 18.3 Å². The Labute approximate surface area is 177 Å². The number of pyridine rings is 1. The molecule has 2 unspecified atom stereocenters. The van der Waals surface area contributed by atoms with Gasteiger partial charge in [0.05, 0.1) is 19.7 Å². The van der Waals surface area contributed by atoms with Crippen LogP contribution >= 0.6 is 0 Å². The van der Waals surface area contributed by atoms with E-state index < -0.39 is 0 Å². The topological polar surface area (TPSA) is 105 Å². The van der Waals surface area contributed by atoms with Crippen molar-refractivity contribution >= 4 is 12.0 Å². The predicted octanol–water partition coefficient (Wildman–Crippen LogP) is 1.59. The summed E-state index contributed by atoms with van der Waals surface area (Å²) in [6.45, 7) is 3.93. The molecule has 4 atom stereocenters. The lowest BCUT2D eigenvalue weighted by molar-refractivity contribution is -0.121. The van der Waals surface area contributed by atoms with Crippen LogP contribution in [0.25, 0.3) is 0 Å². The Kier molecular flexibility index (Phi) is 7.49. The number of hydrogen-bond acceptors (Lipinski definition) is 7. The lowest BCUT2D eigenvalue weighted by Crippen LogP contribution is -2.45. The summed E-state index contributed by atoms with van der Waals surface area (Å²) >= 11 is 0. The van der Waals surface area contributed by atoms with E-state index in [1.54, 1.807) is 31.3 Å². The van der Waals surface area contributed by atoms with E-state index in [2.05, 4.69) is 21.2 Å². The second kappa shape index (κ2) is 10.1. The Morgan fingerprint density at radius 2 is 2.10 bits per heavy atom. The molecule has 1 saturated carbocycles. The highest BCUT2D eigenvalue weighted by Gasteiger charge is 2.37. The van der Waals surface area contributed by atoms with Crippen molar-refractivity contribution in [1.82, 2.24) is 26.1 Å². The smallest absolute Gasteiger partial charge is 0.410 e. The molecule has 0 bridgehead atoms. The van der Waals surface area contributed by atoms with Gasteiger partial charge in [-0.2, -0.15) is 0 Å². The average molecular weight is 420 g/mol. The monoisotopic (exact) mass is 419 g/mol. The Hall–Kier alpha value is -2.39. The summed E-state index contributed by atoms with van der Waals surface area (Å²) in [6.07, 6.45) is 4.99. The summed E-state index contributed by atoms with van der Waals surface area (Å²) < 4.78 is 10.8. The zero-order valence-corrected chi connectivity index (χ0v) is 18.2. The number of amides is 2. The molecule has 166 valence electrons. The minimum atomic E-state index is -0.258. The standard InChI is InChI=1S/C21H33N5O4/c1-13(2)26(3)21(28)30-16-6-5-15(11-16)17-12-18(25-24-17)23-19(27)9-14-7-8-22-20(10-14)29-4/h7-8,10,13,15-18,24-25H,5-6,9,11-12H2,1-4H3,(H,23,27)/t15-,16+,17?,18?/m0/s1. The predicted molar refractivity (Wildman–Crippen MR) is 112 cm³/mol. The Morgan fingerprint density at radius 3 is 2.83 bits per heavy atom. The summed E-state index contributed by atoms with van der Waals surface area (Å²) in [5, 5.41) is 3.02. The van der Waals surface area contributed by atoms with E-state index in [4.69, 9.17) is 9.47 Å². The molecule has 2 aliphatic rings. The Morgan fingerprint density at radius 1 is 1.30 bits per heavy atom. The van der Waals surface area contributed by atoms with Crippen molar-refractivity contribution in [3.63, 3.8) is 0 Å². The molecule has 0 spiro atoms. The normalized spacial score (nSPS) is 25.9. The van der Waals surface area contributed by atoms with E-state index in [-0.39, 0.29) is 42.8 Å². The maximum Gasteiger partial charge on any atom is 0.410 e. The minimum absolute atomic E-state index is 0.0409. The Balaban J connectivity index is 1.42. The van der Waals surface area contributed by atoms with Crippen LogP contribution in [0.2, 0.25) is 0 Å². The maximum absolute atomic E-state index is 12.4. The maximum atomic E-state index is 12.4. The number of nitrogens with zero attached hydrogens (tertiary/aromatic N) is 2. The third-order valence-corrected chi connectivity index (χ3v) is 5.97.